The third-order valence-corrected chi connectivity index (χ3v) is 1.90. The standard InChI is InChI=1S/C5H16N3PS/c1-5(2,3)4-8-9(6,7)10/h4H2,1-3H3,(H5,6,7,8,10). The lowest BCUT2D eigenvalue weighted by Gasteiger charge is -2.21. The highest BCUT2D eigenvalue weighted by Gasteiger charge is 2.12. The van der Waals surface area contributed by atoms with Gasteiger partial charge in [-0.05, 0) is 17.2 Å². The molecule has 0 radical (unpaired) electrons. The number of nitrogens with two attached hydrogens (primary N) is 2. The molecule has 0 saturated heterocycles. The normalized spacial score (nSPS) is 13.7. The van der Waals surface area contributed by atoms with E-state index >= 15 is 0 Å². The van der Waals surface area contributed by atoms with Crippen LogP contribution in [-0.2, 0) is 11.8 Å². The van der Waals surface area contributed by atoms with Crippen LogP contribution in [0.5, 0.6) is 0 Å². The first-order valence-electron chi connectivity index (χ1n) is 3.13. The molecule has 3 nitrogen and oxygen atoms in total. The van der Waals surface area contributed by atoms with Gasteiger partial charge in [-0.25, -0.2) is 0 Å². The summed E-state index contributed by atoms with van der Waals surface area (Å²) in [5.41, 5.74) is 11.1. The van der Waals surface area contributed by atoms with E-state index in [1.807, 2.05) is 0 Å². The average molecular weight is 181 g/mol. The maximum Gasteiger partial charge on any atom is 0.132 e. The molecule has 0 heterocycles. The van der Waals surface area contributed by atoms with Crippen molar-refractivity contribution in [2.75, 3.05) is 6.54 Å². The fourth-order valence-corrected chi connectivity index (χ4v) is 1.28. The second-order valence-corrected chi connectivity index (χ2v) is 7.15. The van der Waals surface area contributed by atoms with E-state index in [2.05, 4.69) is 25.9 Å². The molecule has 0 aromatic carbocycles. The van der Waals surface area contributed by atoms with Crippen LogP contribution in [0.4, 0.5) is 0 Å². The van der Waals surface area contributed by atoms with Crippen LogP contribution in [0, 0.1) is 5.41 Å². The summed E-state index contributed by atoms with van der Waals surface area (Å²) in [7, 11) is 0. The van der Waals surface area contributed by atoms with Crippen molar-refractivity contribution in [1.82, 2.24) is 5.09 Å². The second kappa shape index (κ2) is 3.28. The Bertz CT molecular complexity index is 145. The molecular formula is C5H16N3PS. The topological polar surface area (TPSA) is 64.1 Å². The minimum atomic E-state index is -2.18. The Morgan fingerprint density at radius 2 is 1.80 bits per heavy atom. The van der Waals surface area contributed by atoms with Crippen molar-refractivity contribution in [3.8, 4) is 0 Å². The Morgan fingerprint density at radius 3 is 1.90 bits per heavy atom. The predicted molar refractivity (Wildman–Crippen MR) is 50.1 cm³/mol. The van der Waals surface area contributed by atoms with Gasteiger partial charge < -0.3 is 0 Å². The molecule has 0 atom stereocenters. The molecular weight excluding hydrogens is 165 g/mol. The molecule has 10 heavy (non-hydrogen) atoms. The van der Waals surface area contributed by atoms with Crippen LogP contribution in [0.25, 0.3) is 0 Å². The Kier molecular flexibility index (Phi) is 3.46. The molecule has 0 aromatic rings. The first-order chi connectivity index (χ1) is 4.21. The van der Waals surface area contributed by atoms with Crippen LogP contribution < -0.4 is 16.1 Å². The molecule has 0 rings (SSSR count). The third-order valence-electron chi connectivity index (χ3n) is 0.857. The van der Waals surface area contributed by atoms with Crippen LogP contribution in [0.2, 0.25) is 0 Å². The van der Waals surface area contributed by atoms with Crippen molar-refractivity contribution in [1.29, 1.82) is 0 Å². The van der Waals surface area contributed by atoms with Crippen LogP contribution in [0.1, 0.15) is 20.8 Å². The van der Waals surface area contributed by atoms with E-state index < -0.39 is 6.49 Å². The molecule has 0 amide bonds. The molecule has 0 aliphatic rings. The highest BCUT2D eigenvalue weighted by atomic mass is 32.4. The molecule has 0 saturated carbocycles. The van der Waals surface area contributed by atoms with E-state index in [-0.39, 0.29) is 5.41 Å². The summed E-state index contributed by atoms with van der Waals surface area (Å²) in [4.78, 5) is 0. The van der Waals surface area contributed by atoms with Crippen molar-refractivity contribution in [3.63, 3.8) is 0 Å². The highest BCUT2D eigenvalue weighted by Crippen LogP contribution is 2.21. The largest absolute Gasteiger partial charge is 0.280 e. The van der Waals surface area contributed by atoms with E-state index in [1.165, 1.54) is 0 Å². The fourth-order valence-electron chi connectivity index (χ4n) is 0.361. The summed E-state index contributed by atoms with van der Waals surface area (Å²) in [6.45, 7) is 4.90. The van der Waals surface area contributed by atoms with Gasteiger partial charge in [0.05, 0.1) is 0 Å². The summed E-state index contributed by atoms with van der Waals surface area (Å²) in [5, 5.41) is 2.94. The van der Waals surface area contributed by atoms with Gasteiger partial charge in [0.15, 0.2) is 0 Å². The monoisotopic (exact) mass is 181 g/mol. The molecule has 0 spiro atoms. The minimum absolute atomic E-state index is 0.197. The van der Waals surface area contributed by atoms with Crippen LogP contribution >= 0.6 is 6.49 Å². The van der Waals surface area contributed by atoms with Gasteiger partial charge >= 0.3 is 0 Å². The zero-order chi connectivity index (χ0) is 8.41. The Morgan fingerprint density at radius 1 is 1.40 bits per heavy atom. The van der Waals surface area contributed by atoms with Gasteiger partial charge in [0.2, 0.25) is 0 Å². The zero-order valence-corrected chi connectivity index (χ0v) is 8.43. The molecule has 0 unspecified atom stereocenters. The number of hydrogen-bond donors (Lipinski definition) is 3. The summed E-state index contributed by atoms with van der Waals surface area (Å²) < 4.78 is 0. The van der Waals surface area contributed by atoms with Gasteiger partial charge in [0.25, 0.3) is 0 Å². The molecule has 0 fully saturated rings. The molecule has 0 aliphatic carbocycles. The quantitative estimate of drug-likeness (QED) is 0.550. The van der Waals surface area contributed by atoms with Crippen molar-refractivity contribution < 1.29 is 0 Å². The van der Waals surface area contributed by atoms with Crippen molar-refractivity contribution in [2.24, 2.45) is 16.4 Å². The average Bonchev–Trinajstić information content (AvgIpc) is 1.57. The van der Waals surface area contributed by atoms with Crippen molar-refractivity contribution in [3.05, 3.63) is 0 Å². The summed E-state index contributed by atoms with van der Waals surface area (Å²) in [6, 6.07) is 0. The first kappa shape index (κ1) is 10.5. The summed E-state index contributed by atoms with van der Waals surface area (Å²) in [5.74, 6) is 0. The van der Waals surface area contributed by atoms with Gasteiger partial charge in [-0.2, -0.15) is 0 Å². The molecule has 62 valence electrons. The van der Waals surface area contributed by atoms with Gasteiger partial charge in [-0.15, -0.1) is 0 Å². The molecule has 0 aromatic heterocycles. The lowest BCUT2D eigenvalue weighted by molar-refractivity contribution is 0.413. The van der Waals surface area contributed by atoms with E-state index in [0.29, 0.717) is 0 Å². The smallest absolute Gasteiger partial charge is 0.132 e. The van der Waals surface area contributed by atoms with Crippen LogP contribution in [0.15, 0.2) is 0 Å². The van der Waals surface area contributed by atoms with Crippen LogP contribution in [-0.4, -0.2) is 6.54 Å². The van der Waals surface area contributed by atoms with Crippen molar-refractivity contribution in [2.45, 2.75) is 20.8 Å². The van der Waals surface area contributed by atoms with Gasteiger partial charge in [0, 0.05) is 6.54 Å². The Balaban J connectivity index is 3.67. The predicted octanol–water partition coefficient (Wildman–Crippen LogP) is 0.764. The second-order valence-electron chi connectivity index (χ2n) is 3.60. The molecule has 5 heteroatoms. The summed E-state index contributed by atoms with van der Waals surface area (Å²) in [6.07, 6.45) is 0. The van der Waals surface area contributed by atoms with Crippen LogP contribution in [0.3, 0.4) is 0 Å². The Labute approximate surface area is 67.7 Å². The molecule has 5 N–H and O–H groups in total. The van der Waals surface area contributed by atoms with E-state index in [9.17, 15) is 0 Å². The number of hydrogen-bond acceptors (Lipinski definition) is 1. The van der Waals surface area contributed by atoms with E-state index in [0.717, 1.165) is 6.54 Å². The van der Waals surface area contributed by atoms with E-state index in [1.54, 1.807) is 0 Å². The van der Waals surface area contributed by atoms with Crippen molar-refractivity contribution >= 4 is 18.3 Å². The summed E-state index contributed by atoms with van der Waals surface area (Å²) >= 11 is 4.81. The maximum absolute atomic E-state index is 5.44. The van der Waals surface area contributed by atoms with Gasteiger partial charge in [0.1, 0.15) is 6.49 Å². The van der Waals surface area contributed by atoms with Gasteiger partial charge in [-0.3, -0.25) is 16.1 Å². The van der Waals surface area contributed by atoms with E-state index in [4.69, 9.17) is 22.8 Å². The SMILES string of the molecule is CC(C)(C)CNP(N)(N)=S. The third kappa shape index (κ3) is 8.53. The molecule has 0 bridgehead atoms. The minimum Gasteiger partial charge on any atom is -0.280 e. The maximum atomic E-state index is 5.44. The zero-order valence-electron chi connectivity index (χ0n) is 6.72. The highest BCUT2D eigenvalue weighted by molar-refractivity contribution is 8.11. The Hall–Kier alpha value is 0.530. The number of nitrogens with one attached hydrogen (secondary N) is 1. The number of rotatable bonds is 2. The lowest BCUT2D eigenvalue weighted by Crippen LogP contribution is -2.30. The first-order valence-corrected chi connectivity index (χ1v) is 6.07. The fraction of sp³-hybridized carbons (Fsp3) is 1.00. The van der Waals surface area contributed by atoms with Gasteiger partial charge in [-0.1, -0.05) is 20.8 Å². The lowest BCUT2D eigenvalue weighted by atomic mass is 9.98. The molecule has 0 aliphatic heterocycles.